The highest BCUT2D eigenvalue weighted by molar-refractivity contribution is 7.91. The smallest absolute Gasteiger partial charge is 0.258 e. The van der Waals surface area contributed by atoms with Gasteiger partial charge in [-0.05, 0) is 38.1 Å². The van der Waals surface area contributed by atoms with Gasteiger partial charge in [-0.3, -0.25) is 9.59 Å². The van der Waals surface area contributed by atoms with E-state index in [-0.39, 0.29) is 17.1 Å². The number of anilines is 1. The van der Waals surface area contributed by atoms with Crippen LogP contribution in [-0.4, -0.2) is 48.7 Å². The van der Waals surface area contributed by atoms with Crippen molar-refractivity contribution in [2.75, 3.05) is 18.1 Å². The molecule has 0 saturated heterocycles. The van der Waals surface area contributed by atoms with E-state index in [1.165, 1.54) is 19.2 Å². The summed E-state index contributed by atoms with van der Waals surface area (Å²) < 4.78 is 39.3. The van der Waals surface area contributed by atoms with E-state index < -0.39 is 43.7 Å². The lowest BCUT2D eigenvalue weighted by Crippen LogP contribution is -2.46. The molecular formula is C19H19FN4O5S. The van der Waals surface area contributed by atoms with Crippen LogP contribution in [0.2, 0.25) is 0 Å². The van der Waals surface area contributed by atoms with Gasteiger partial charge in [0.15, 0.2) is 15.4 Å². The van der Waals surface area contributed by atoms with Crippen LogP contribution < -0.4 is 10.6 Å². The SMILES string of the molecule is [C-]#[N+]c1ccc(NC(=O)[C@@](C)(O)CS(=O)(=O)c2ccc(C(=O)NC)c(F)c2)nc1C. The Morgan fingerprint density at radius 3 is 2.50 bits per heavy atom. The topological polar surface area (TPSA) is 130 Å². The van der Waals surface area contributed by atoms with E-state index in [1.807, 2.05) is 0 Å². The first-order chi connectivity index (χ1) is 13.9. The maximum absolute atomic E-state index is 14.1. The van der Waals surface area contributed by atoms with E-state index in [0.29, 0.717) is 11.8 Å². The number of rotatable bonds is 6. The number of pyridine rings is 1. The summed E-state index contributed by atoms with van der Waals surface area (Å²) in [5, 5.41) is 15.0. The highest BCUT2D eigenvalue weighted by Gasteiger charge is 2.37. The maximum atomic E-state index is 14.1. The molecule has 0 aliphatic heterocycles. The minimum Gasteiger partial charge on any atom is -0.379 e. The number of halogens is 1. The first kappa shape index (κ1) is 22.9. The molecule has 30 heavy (non-hydrogen) atoms. The second kappa shape index (κ2) is 8.56. The zero-order valence-electron chi connectivity index (χ0n) is 16.4. The molecule has 11 heteroatoms. The van der Waals surface area contributed by atoms with Crippen LogP contribution >= 0.6 is 0 Å². The van der Waals surface area contributed by atoms with E-state index in [2.05, 4.69) is 20.5 Å². The molecular weight excluding hydrogens is 415 g/mol. The Bertz CT molecular complexity index is 1160. The molecule has 0 radical (unpaired) electrons. The summed E-state index contributed by atoms with van der Waals surface area (Å²) in [6.45, 7) is 9.53. The summed E-state index contributed by atoms with van der Waals surface area (Å²) in [6, 6.07) is 5.44. The lowest BCUT2D eigenvalue weighted by Gasteiger charge is -2.22. The van der Waals surface area contributed by atoms with Crippen molar-refractivity contribution in [2.24, 2.45) is 0 Å². The third-order valence-electron chi connectivity index (χ3n) is 4.15. The number of amides is 2. The largest absolute Gasteiger partial charge is 0.379 e. The first-order valence-corrected chi connectivity index (χ1v) is 10.2. The predicted octanol–water partition coefficient (Wildman–Crippen LogP) is 1.60. The van der Waals surface area contributed by atoms with Crippen LogP contribution in [0.4, 0.5) is 15.9 Å². The average molecular weight is 434 g/mol. The van der Waals surface area contributed by atoms with Gasteiger partial charge < -0.3 is 15.7 Å². The highest BCUT2D eigenvalue weighted by atomic mass is 32.2. The van der Waals surface area contributed by atoms with Crippen molar-refractivity contribution in [3.05, 3.63) is 58.8 Å². The second-order valence-corrected chi connectivity index (χ2v) is 8.61. The van der Waals surface area contributed by atoms with E-state index in [0.717, 1.165) is 19.1 Å². The lowest BCUT2D eigenvalue weighted by atomic mass is 10.1. The number of aryl methyl sites for hydroxylation is 1. The summed E-state index contributed by atoms with van der Waals surface area (Å²) in [5.74, 6) is -3.84. The summed E-state index contributed by atoms with van der Waals surface area (Å²) in [5.41, 5.74) is -2.08. The summed E-state index contributed by atoms with van der Waals surface area (Å²) >= 11 is 0. The van der Waals surface area contributed by atoms with Crippen molar-refractivity contribution >= 4 is 33.2 Å². The van der Waals surface area contributed by atoms with Crippen molar-refractivity contribution in [3.63, 3.8) is 0 Å². The van der Waals surface area contributed by atoms with Crippen LogP contribution in [0.3, 0.4) is 0 Å². The van der Waals surface area contributed by atoms with Crippen LogP contribution in [0, 0.1) is 19.3 Å². The number of carbonyl (C=O) groups excluding carboxylic acids is 2. The van der Waals surface area contributed by atoms with Gasteiger partial charge in [0, 0.05) is 12.7 Å². The Balaban J connectivity index is 2.23. The number of benzene rings is 1. The predicted molar refractivity (Wildman–Crippen MR) is 106 cm³/mol. The molecule has 1 atom stereocenters. The van der Waals surface area contributed by atoms with Crippen LogP contribution in [-0.2, 0) is 14.6 Å². The molecule has 2 amide bonds. The fraction of sp³-hybridized carbons (Fsp3) is 0.263. The van der Waals surface area contributed by atoms with Crippen molar-refractivity contribution in [1.29, 1.82) is 0 Å². The van der Waals surface area contributed by atoms with Gasteiger partial charge in [-0.15, -0.1) is 0 Å². The molecule has 2 aromatic rings. The minimum absolute atomic E-state index is 0.0311. The first-order valence-electron chi connectivity index (χ1n) is 8.54. The molecule has 1 aromatic heterocycles. The molecule has 2 rings (SSSR count). The third-order valence-corrected chi connectivity index (χ3v) is 6.07. The summed E-state index contributed by atoms with van der Waals surface area (Å²) in [4.78, 5) is 30.7. The maximum Gasteiger partial charge on any atom is 0.258 e. The number of aromatic nitrogens is 1. The molecule has 3 N–H and O–H groups in total. The van der Waals surface area contributed by atoms with E-state index in [9.17, 15) is 27.5 Å². The van der Waals surface area contributed by atoms with Gasteiger partial charge in [0.2, 0.25) is 5.69 Å². The lowest BCUT2D eigenvalue weighted by molar-refractivity contribution is -0.130. The number of sulfone groups is 1. The minimum atomic E-state index is -4.29. The van der Waals surface area contributed by atoms with E-state index in [4.69, 9.17) is 6.57 Å². The molecule has 0 bridgehead atoms. The van der Waals surface area contributed by atoms with Crippen LogP contribution in [0.1, 0.15) is 23.0 Å². The summed E-state index contributed by atoms with van der Waals surface area (Å²) in [6.07, 6.45) is 0. The van der Waals surface area contributed by atoms with Crippen molar-refractivity contribution in [2.45, 2.75) is 24.3 Å². The Morgan fingerprint density at radius 2 is 1.97 bits per heavy atom. The Labute approximate surface area is 172 Å². The van der Waals surface area contributed by atoms with Crippen LogP contribution in [0.15, 0.2) is 35.2 Å². The Kier molecular flexibility index (Phi) is 6.54. The van der Waals surface area contributed by atoms with Crippen molar-refractivity contribution in [3.8, 4) is 0 Å². The number of aliphatic hydroxyl groups is 1. The normalized spacial score (nSPS) is 13.1. The van der Waals surface area contributed by atoms with Gasteiger partial charge in [0.1, 0.15) is 11.6 Å². The van der Waals surface area contributed by atoms with Crippen molar-refractivity contribution < 1.29 is 27.5 Å². The molecule has 0 aliphatic rings. The van der Waals surface area contributed by atoms with Gasteiger partial charge in [-0.1, -0.05) is 6.07 Å². The standard InChI is InChI=1S/C19H19FN4O5S/c1-11-15(21-3)7-8-16(23-11)24-18(26)19(2,27)10-30(28,29)12-5-6-13(14(20)9-12)17(25)22-4/h5-9,27H,10H2,1-2,4H3,(H,22,25)(H,23,24,26)/t19-/m0/s1. The van der Waals surface area contributed by atoms with E-state index in [1.54, 1.807) is 6.92 Å². The molecule has 0 fully saturated rings. The highest BCUT2D eigenvalue weighted by Crippen LogP contribution is 2.22. The Hall–Kier alpha value is -3.36. The quantitative estimate of drug-likeness (QED) is 0.592. The second-order valence-electron chi connectivity index (χ2n) is 6.62. The Morgan fingerprint density at radius 1 is 1.30 bits per heavy atom. The molecule has 1 heterocycles. The monoisotopic (exact) mass is 434 g/mol. The molecule has 0 unspecified atom stereocenters. The van der Waals surface area contributed by atoms with Gasteiger partial charge >= 0.3 is 0 Å². The third kappa shape index (κ3) is 4.97. The molecule has 0 aliphatic carbocycles. The van der Waals surface area contributed by atoms with Crippen LogP contribution in [0.25, 0.3) is 4.85 Å². The average Bonchev–Trinajstić information content (AvgIpc) is 2.66. The fourth-order valence-corrected chi connectivity index (χ4v) is 4.12. The molecule has 1 aromatic carbocycles. The molecule has 0 spiro atoms. The van der Waals surface area contributed by atoms with Crippen LogP contribution in [0.5, 0.6) is 0 Å². The molecule has 0 saturated carbocycles. The summed E-state index contributed by atoms with van der Waals surface area (Å²) in [7, 11) is -2.99. The number of hydrogen-bond donors (Lipinski definition) is 3. The zero-order chi connectivity index (χ0) is 22.7. The molecule has 9 nitrogen and oxygen atoms in total. The number of nitrogens with one attached hydrogen (secondary N) is 2. The van der Waals surface area contributed by atoms with Gasteiger partial charge in [0.05, 0.1) is 22.8 Å². The zero-order valence-corrected chi connectivity index (χ0v) is 17.2. The van der Waals surface area contributed by atoms with E-state index >= 15 is 0 Å². The molecule has 158 valence electrons. The number of carbonyl (C=O) groups is 2. The van der Waals surface area contributed by atoms with Gasteiger partial charge in [0.25, 0.3) is 11.8 Å². The van der Waals surface area contributed by atoms with Crippen molar-refractivity contribution in [1.82, 2.24) is 10.3 Å². The number of nitrogens with zero attached hydrogens (tertiary/aromatic N) is 2. The fourth-order valence-electron chi connectivity index (χ4n) is 2.52. The number of hydrogen-bond acceptors (Lipinski definition) is 6. The van der Waals surface area contributed by atoms with Gasteiger partial charge in [-0.2, -0.15) is 0 Å². The van der Waals surface area contributed by atoms with Gasteiger partial charge in [-0.25, -0.2) is 22.6 Å².